The Bertz CT molecular complexity index is 775. The third kappa shape index (κ3) is 1.95. The van der Waals surface area contributed by atoms with E-state index in [9.17, 15) is 0 Å². The Morgan fingerprint density at radius 3 is 2.40 bits per heavy atom. The molecule has 1 aromatic carbocycles. The number of ether oxygens (including phenoxy) is 1. The van der Waals surface area contributed by atoms with Gasteiger partial charge in [0.1, 0.15) is 5.69 Å². The molecule has 0 aliphatic carbocycles. The first-order valence-corrected chi connectivity index (χ1v) is 5.89. The summed E-state index contributed by atoms with van der Waals surface area (Å²) in [4.78, 5) is 16.7. The molecule has 0 radical (unpaired) electrons. The minimum atomic E-state index is 0.0545. The van der Waals surface area contributed by atoms with E-state index in [0.717, 1.165) is 5.56 Å². The Morgan fingerprint density at radius 2 is 1.70 bits per heavy atom. The number of nitrogen functional groups attached to an aromatic ring is 2. The molecule has 0 aliphatic rings. The number of hydrogen-bond donors (Lipinski definition) is 2. The lowest BCUT2D eigenvalue weighted by molar-refractivity contribution is 0.399. The third-order valence-electron chi connectivity index (χ3n) is 2.78. The van der Waals surface area contributed by atoms with E-state index in [1.807, 2.05) is 30.3 Å². The van der Waals surface area contributed by atoms with Crippen LogP contribution >= 0.6 is 0 Å². The van der Waals surface area contributed by atoms with Gasteiger partial charge in [0, 0.05) is 5.56 Å². The quantitative estimate of drug-likeness (QED) is 0.719. The molecular formula is C13H12N6O. The number of aromatic nitrogens is 4. The van der Waals surface area contributed by atoms with Crippen molar-refractivity contribution in [3.8, 4) is 17.1 Å². The van der Waals surface area contributed by atoms with E-state index < -0.39 is 0 Å². The number of hydrogen-bond acceptors (Lipinski definition) is 7. The third-order valence-corrected chi connectivity index (χ3v) is 2.78. The second-order valence-corrected chi connectivity index (χ2v) is 4.09. The van der Waals surface area contributed by atoms with Crippen LogP contribution in [0.3, 0.4) is 0 Å². The van der Waals surface area contributed by atoms with E-state index in [4.69, 9.17) is 16.2 Å². The summed E-state index contributed by atoms with van der Waals surface area (Å²) >= 11 is 0. The van der Waals surface area contributed by atoms with Gasteiger partial charge in [0.05, 0.1) is 7.11 Å². The minimum Gasteiger partial charge on any atom is -0.479 e. The number of rotatable bonds is 2. The van der Waals surface area contributed by atoms with Gasteiger partial charge in [-0.25, -0.2) is 4.98 Å². The highest BCUT2D eigenvalue weighted by molar-refractivity contribution is 5.85. The largest absolute Gasteiger partial charge is 0.479 e. The molecular weight excluding hydrogens is 256 g/mol. The molecule has 0 aliphatic heterocycles. The molecule has 4 N–H and O–H groups in total. The van der Waals surface area contributed by atoms with E-state index in [0.29, 0.717) is 22.7 Å². The normalized spacial score (nSPS) is 10.7. The smallest absolute Gasteiger partial charge is 0.242 e. The van der Waals surface area contributed by atoms with E-state index in [1.54, 1.807) is 0 Å². The lowest BCUT2D eigenvalue weighted by atomic mass is 10.1. The summed E-state index contributed by atoms with van der Waals surface area (Å²) in [5, 5.41) is 0. The number of benzene rings is 1. The summed E-state index contributed by atoms with van der Waals surface area (Å²) in [6.07, 6.45) is 0. The first-order valence-electron chi connectivity index (χ1n) is 5.89. The van der Waals surface area contributed by atoms with Crippen LogP contribution in [0.15, 0.2) is 30.3 Å². The summed E-state index contributed by atoms with van der Waals surface area (Å²) in [5.74, 6) is 0.611. The molecule has 3 rings (SSSR count). The van der Waals surface area contributed by atoms with E-state index in [1.165, 1.54) is 7.11 Å². The van der Waals surface area contributed by atoms with Crippen LogP contribution in [-0.2, 0) is 0 Å². The van der Waals surface area contributed by atoms with Crippen molar-refractivity contribution in [1.82, 2.24) is 19.9 Å². The van der Waals surface area contributed by atoms with Crippen LogP contribution in [0.4, 0.5) is 11.8 Å². The highest BCUT2D eigenvalue weighted by Gasteiger charge is 2.15. The van der Waals surface area contributed by atoms with Gasteiger partial charge in [-0.05, 0) is 0 Å². The first-order chi connectivity index (χ1) is 9.69. The maximum Gasteiger partial charge on any atom is 0.242 e. The molecule has 100 valence electrons. The molecule has 0 bridgehead atoms. The highest BCUT2D eigenvalue weighted by atomic mass is 16.5. The average Bonchev–Trinajstić information content (AvgIpc) is 2.46. The molecule has 7 heteroatoms. The van der Waals surface area contributed by atoms with Crippen LogP contribution in [0.5, 0.6) is 5.88 Å². The summed E-state index contributed by atoms with van der Waals surface area (Å²) < 4.78 is 5.27. The van der Waals surface area contributed by atoms with Crippen LogP contribution in [0.25, 0.3) is 22.4 Å². The van der Waals surface area contributed by atoms with Gasteiger partial charge in [-0.2, -0.15) is 15.0 Å². The molecule has 0 saturated carbocycles. The van der Waals surface area contributed by atoms with E-state index in [2.05, 4.69) is 19.9 Å². The van der Waals surface area contributed by atoms with Crippen molar-refractivity contribution in [2.24, 2.45) is 0 Å². The van der Waals surface area contributed by atoms with Gasteiger partial charge in [0.15, 0.2) is 17.0 Å². The van der Waals surface area contributed by atoms with Crippen LogP contribution in [0.1, 0.15) is 0 Å². The fourth-order valence-electron chi connectivity index (χ4n) is 1.90. The fraction of sp³-hybridized carbons (Fsp3) is 0.0769. The average molecular weight is 268 g/mol. The SMILES string of the molecule is COc1nc2nc(N)nc(N)c2nc1-c1ccccc1. The van der Waals surface area contributed by atoms with Crippen molar-refractivity contribution in [2.45, 2.75) is 0 Å². The van der Waals surface area contributed by atoms with Gasteiger partial charge < -0.3 is 16.2 Å². The molecule has 7 nitrogen and oxygen atoms in total. The summed E-state index contributed by atoms with van der Waals surface area (Å²) in [6.45, 7) is 0. The predicted octanol–water partition coefficient (Wildman–Crippen LogP) is 1.26. The van der Waals surface area contributed by atoms with Gasteiger partial charge in [-0.1, -0.05) is 30.3 Å². The van der Waals surface area contributed by atoms with E-state index in [-0.39, 0.29) is 11.8 Å². The topological polar surface area (TPSA) is 113 Å². The number of methoxy groups -OCH3 is 1. The van der Waals surface area contributed by atoms with Crippen molar-refractivity contribution in [3.63, 3.8) is 0 Å². The van der Waals surface area contributed by atoms with Gasteiger partial charge in [0.2, 0.25) is 11.8 Å². The molecule has 0 fully saturated rings. The summed E-state index contributed by atoms with van der Waals surface area (Å²) in [5.41, 5.74) is 13.5. The zero-order valence-corrected chi connectivity index (χ0v) is 10.7. The monoisotopic (exact) mass is 268 g/mol. The molecule has 20 heavy (non-hydrogen) atoms. The van der Waals surface area contributed by atoms with Crippen molar-refractivity contribution in [2.75, 3.05) is 18.6 Å². The van der Waals surface area contributed by atoms with Crippen LogP contribution in [0, 0.1) is 0 Å². The van der Waals surface area contributed by atoms with Crippen molar-refractivity contribution in [1.29, 1.82) is 0 Å². The number of fused-ring (bicyclic) bond motifs is 1. The highest BCUT2D eigenvalue weighted by Crippen LogP contribution is 2.29. The Balaban J connectivity index is 2.32. The van der Waals surface area contributed by atoms with Crippen LogP contribution in [-0.4, -0.2) is 27.0 Å². The molecule has 2 heterocycles. The fourth-order valence-corrected chi connectivity index (χ4v) is 1.90. The molecule has 0 unspecified atom stereocenters. The zero-order valence-electron chi connectivity index (χ0n) is 10.7. The van der Waals surface area contributed by atoms with Crippen LogP contribution < -0.4 is 16.2 Å². The minimum absolute atomic E-state index is 0.0545. The standard InChI is InChI=1S/C13H12N6O/c1-20-12-8(7-5-3-2-4-6-7)16-9-10(14)17-13(15)19-11(9)18-12/h2-6H,1H3,(H4,14,15,17,18,19). The molecule has 0 amide bonds. The van der Waals surface area contributed by atoms with Gasteiger partial charge in [0.25, 0.3) is 0 Å². The zero-order chi connectivity index (χ0) is 14.1. The maximum absolute atomic E-state index is 5.82. The maximum atomic E-state index is 5.82. The number of anilines is 2. The van der Waals surface area contributed by atoms with Crippen molar-refractivity contribution < 1.29 is 4.74 Å². The Kier molecular flexibility index (Phi) is 2.79. The molecule has 0 spiro atoms. The Hall–Kier alpha value is -2.96. The van der Waals surface area contributed by atoms with Gasteiger partial charge in [-0.15, -0.1) is 0 Å². The molecule has 2 aromatic heterocycles. The van der Waals surface area contributed by atoms with Crippen molar-refractivity contribution >= 4 is 22.9 Å². The van der Waals surface area contributed by atoms with Gasteiger partial charge in [-0.3, -0.25) is 0 Å². The lowest BCUT2D eigenvalue weighted by Crippen LogP contribution is -2.05. The second-order valence-electron chi connectivity index (χ2n) is 4.09. The predicted molar refractivity (Wildman–Crippen MR) is 75.9 cm³/mol. The van der Waals surface area contributed by atoms with Crippen LogP contribution in [0.2, 0.25) is 0 Å². The van der Waals surface area contributed by atoms with Gasteiger partial charge >= 0.3 is 0 Å². The molecule has 3 aromatic rings. The molecule has 0 atom stereocenters. The Labute approximate surface area is 114 Å². The first kappa shape index (κ1) is 12.1. The number of nitrogens with zero attached hydrogens (tertiary/aromatic N) is 4. The van der Waals surface area contributed by atoms with E-state index >= 15 is 0 Å². The number of nitrogens with two attached hydrogens (primary N) is 2. The molecule has 0 saturated heterocycles. The lowest BCUT2D eigenvalue weighted by Gasteiger charge is -2.09. The Morgan fingerprint density at radius 1 is 0.950 bits per heavy atom. The summed E-state index contributed by atoms with van der Waals surface area (Å²) in [6, 6.07) is 9.55. The van der Waals surface area contributed by atoms with Crippen molar-refractivity contribution in [3.05, 3.63) is 30.3 Å². The summed E-state index contributed by atoms with van der Waals surface area (Å²) in [7, 11) is 1.52. The second kappa shape index (κ2) is 4.61.